The van der Waals surface area contributed by atoms with E-state index in [1.165, 1.54) is 11.1 Å². The van der Waals surface area contributed by atoms with E-state index in [9.17, 15) is 14.4 Å². The molecule has 0 saturated heterocycles. The van der Waals surface area contributed by atoms with E-state index >= 15 is 0 Å². The number of hydrogen-bond acceptors (Lipinski definition) is 4. The Morgan fingerprint density at radius 2 is 1.67 bits per heavy atom. The molecule has 0 aromatic heterocycles. The van der Waals surface area contributed by atoms with E-state index in [1.807, 2.05) is 24.3 Å². The van der Waals surface area contributed by atoms with E-state index in [0.29, 0.717) is 24.8 Å². The number of aliphatic carboxylic acids is 1. The largest absolute Gasteiger partial charge is 0.481 e. The highest BCUT2D eigenvalue weighted by molar-refractivity contribution is 5.93. The van der Waals surface area contributed by atoms with Crippen molar-refractivity contribution in [2.75, 3.05) is 13.2 Å². The predicted octanol–water partition coefficient (Wildman–Crippen LogP) is 3.84. The number of amides is 2. The molecule has 7 nitrogen and oxygen atoms in total. The third kappa shape index (κ3) is 5.08. The first-order valence-electron chi connectivity index (χ1n) is 11.2. The van der Waals surface area contributed by atoms with Gasteiger partial charge >= 0.3 is 12.1 Å². The number of benzene rings is 2. The number of rotatable bonds is 7. The third-order valence-electron chi connectivity index (χ3n) is 6.47. The van der Waals surface area contributed by atoms with Gasteiger partial charge in [-0.05, 0) is 48.4 Å². The molecular weight excluding hydrogens is 420 g/mol. The number of hydrogen-bond donors (Lipinski definition) is 3. The Balaban J connectivity index is 1.25. The molecule has 0 aliphatic heterocycles. The molecule has 2 atom stereocenters. The van der Waals surface area contributed by atoms with E-state index in [4.69, 9.17) is 9.84 Å². The molecule has 2 amide bonds. The van der Waals surface area contributed by atoms with Crippen LogP contribution < -0.4 is 10.6 Å². The Labute approximate surface area is 192 Å². The van der Waals surface area contributed by atoms with Gasteiger partial charge in [0.2, 0.25) is 5.91 Å². The summed E-state index contributed by atoms with van der Waals surface area (Å²) < 4.78 is 5.49. The molecule has 0 heterocycles. The summed E-state index contributed by atoms with van der Waals surface area (Å²) in [5, 5.41) is 14.6. The van der Waals surface area contributed by atoms with Crippen molar-refractivity contribution in [2.24, 2.45) is 5.92 Å². The maximum absolute atomic E-state index is 12.3. The summed E-state index contributed by atoms with van der Waals surface area (Å²) in [5.74, 6) is -1.46. The van der Waals surface area contributed by atoms with Crippen molar-refractivity contribution >= 4 is 18.0 Å². The zero-order valence-electron chi connectivity index (χ0n) is 18.5. The van der Waals surface area contributed by atoms with Crippen LogP contribution in [0.1, 0.15) is 43.2 Å². The molecule has 0 bridgehead atoms. The average molecular weight is 449 g/mol. The zero-order chi connectivity index (χ0) is 23.4. The number of carboxylic acid groups (broad SMARTS) is 1. The first-order chi connectivity index (χ1) is 15.9. The lowest BCUT2D eigenvalue weighted by Gasteiger charge is -2.14. The average Bonchev–Trinajstić information content (AvgIpc) is 3.40. The lowest BCUT2D eigenvalue weighted by molar-refractivity contribution is -0.141. The highest BCUT2D eigenvalue weighted by Crippen LogP contribution is 2.44. The Morgan fingerprint density at radius 3 is 2.27 bits per heavy atom. The van der Waals surface area contributed by atoms with Crippen molar-refractivity contribution in [1.82, 2.24) is 10.6 Å². The van der Waals surface area contributed by atoms with Crippen LogP contribution in [-0.2, 0) is 14.3 Å². The molecule has 172 valence electrons. The second-order valence-electron chi connectivity index (χ2n) is 8.61. The monoisotopic (exact) mass is 448 g/mol. The minimum atomic E-state index is -0.814. The molecule has 0 radical (unpaired) electrons. The molecule has 33 heavy (non-hydrogen) atoms. The summed E-state index contributed by atoms with van der Waals surface area (Å²) in [6.45, 7) is 2.06. The number of alkyl carbamates (subject to hydrolysis) is 1. The lowest BCUT2D eigenvalue weighted by atomic mass is 9.98. The fraction of sp³-hybridized carbons (Fsp3) is 0.346. The van der Waals surface area contributed by atoms with Gasteiger partial charge in [0.25, 0.3) is 0 Å². The van der Waals surface area contributed by atoms with E-state index in [-0.39, 0.29) is 31.0 Å². The van der Waals surface area contributed by atoms with E-state index in [2.05, 4.69) is 34.9 Å². The van der Waals surface area contributed by atoms with Crippen LogP contribution in [0.4, 0.5) is 4.79 Å². The topological polar surface area (TPSA) is 105 Å². The van der Waals surface area contributed by atoms with Gasteiger partial charge in [-0.3, -0.25) is 9.59 Å². The van der Waals surface area contributed by atoms with Gasteiger partial charge in [0.1, 0.15) is 6.61 Å². The number of carbonyl (C=O) groups is 3. The Hall–Kier alpha value is -3.61. The fourth-order valence-corrected chi connectivity index (χ4v) is 4.67. The van der Waals surface area contributed by atoms with E-state index in [0.717, 1.165) is 11.1 Å². The highest BCUT2D eigenvalue weighted by Gasteiger charge is 2.31. The van der Waals surface area contributed by atoms with Gasteiger partial charge in [0.05, 0.1) is 5.92 Å². The van der Waals surface area contributed by atoms with Gasteiger partial charge in [-0.25, -0.2) is 4.79 Å². The van der Waals surface area contributed by atoms with Gasteiger partial charge in [-0.15, -0.1) is 0 Å². The smallest absolute Gasteiger partial charge is 0.407 e. The molecule has 0 spiro atoms. The number of fused-ring (bicyclic) bond motifs is 3. The third-order valence-corrected chi connectivity index (χ3v) is 6.47. The first kappa shape index (κ1) is 22.6. The Bertz CT molecular complexity index is 1050. The van der Waals surface area contributed by atoms with Gasteiger partial charge in [-0.1, -0.05) is 54.6 Å². The Morgan fingerprint density at radius 1 is 1.03 bits per heavy atom. The van der Waals surface area contributed by atoms with Crippen molar-refractivity contribution < 1.29 is 24.2 Å². The van der Waals surface area contributed by atoms with Crippen LogP contribution in [0.5, 0.6) is 0 Å². The van der Waals surface area contributed by atoms with Crippen LogP contribution in [0.3, 0.4) is 0 Å². The van der Waals surface area contributed by atoms with Gasteiger partial charge in [0, 0.05) is 24.1 Å². The summed E-state index contributed by atoms with van der Waals surface area (Å²) in [4.78, 5) is 35.6. The summed E-state index contributed by atoms with van der Waals surface area (Å²) in [5.41, 5.74) is 5.10. The maximum Gasteiger partial charge on any atom is 0.407 e. The van der Waals surface area contributed by atoms with E-state index in [1.54, 1.807) is 13.0 Å². The molecule has 0 unspecified atom stereocenters. The first-order valence-corrected chi connectivity index (χ1v) is 11.2. The molecule has 1 fully saturated rings. The van der Waals surface area contributed by atoms with Crippen molar-refractivity contribution in [3.63, 3.8) is 0 Å². The van der Waals surface area contributed by atoms with Crippen molar-refractivity contribution in [1.29, 1.82) is 0 Å². The second-order valence-corrected chi connectivity index (χ2v) is 8.61. The summed E-state index contributed by atoms with van der Waals surface area (Å²) in [7, 11) is 0. The van der Waals surface area contributed by atoms with Gasteiger partial charge in [-0.2, -0.15) is 0 Å². The molecule has 2 aliphatic carbocycles. The quantitative estimate of drug-likeness (QED) is 0.558. The number of carbonyl (C=O) groups excluding carboxylic acids is 2. The van der Waals surface area contributed by atoms with Crippen LogP contribution in [-0.4, -0.2) is 42.3 Å². The lowest BCUT2D eigenvalue weighted by Crippen LogP contribution is -2.34. The maximum atomic E-state index is 12.3. The zero-order valence-corrected chi connectivity index (χ0v) is 18.5. The van der Waals surface area contributed by atoms with Crippen LogP contribution in [0.15, 0.2) is 60.2 Å². The van der Waals surface area contributed by atoms with Crippen LogP contribution in [0.25, 0.3) is 11.1 Å². The number of nitrogens with one attached hydrogen (secondary N) is 2. The SMILES string of the molecule is C/C(=C\CNC(=O)OCC1c2ccccc2-c2ccccc21)C(=O)N[C@@H]1CC[C@H](C(=O)O)C1. The fourth-order valence-electron chi connectivity index (χ4n) is 4.67. The molecule has 2 aromatic rings. The molecule has 3 N–H and O–H groups in total. The molecule has 4 rings (SSSR count). The van der Waals surface area contributed by atoms with Crippen molar-refractivity contribution in [3.8, 4) is 11.1 Å². The Kier molecular flexibility index (Phi) is 6.77. The summed E-state index contributed by atoms with van der Waals surface area (Å²) in [6, 6.07) is 16.2. The van der Waals surface area contributed by atoms with E-state index < -0.39 is 18.0 Å². The second kappa shape index (κ2) is 9.90. The summed E-state index contributed by atoms with van der Waals surface area (Å²) in [6.07, 6.45) is 2.77. The highest BCUT2D eigenvalue weighted by atomic mass is 16.5. The molecule has 2 aromatic carbocycles. The number of ether oxygens (including phenoxy) is 1. The minimum Gasteiger partial charge on any atom is -0.481 e. The normalized spacial score (nSPS) is 19.5. The van der Waals surface area contributed by atoms with Crippen LogP contribution in [0, 0.1) is 5.92 Å². The van der Waals surface area contributed by atoms with Gasteiger partial charge in [0.15, 0.2) is 0 Å². The van der Waals surface area contributed by atoms with Crippen molar-refractivity contribution in [3.05, 3.63) is 71.3 Å². The standard InChI is InChI=1S/C26H28N2O5/c1-16(24(29)28-18-11-10-17(14-18)25(30)31)12-13-27-26(32)33-15-23-21-8-4-2-6-19(21)20-7-3-5-9-22(20)23/h2-9,12,17-18,23H,10-11,13-15H2,1H3,(H,27,32)(H,28,29)(H,30,31)/b16-12+/t17-,18+/m0/s1. The molecule has 2 aliphatic rings. The van der Waals surface area contributed by atoms with Crippen molar-refractivity contribution in [2.45, 2.75) is 38.1 Å². The minimum absolute atomic E-state index is 0.00718. The summed E-state index contributed by atoms with van der Waals surface area (Å²) >= 11 is 0. The predicted molar refractivity (Wildman–Crippen MR) is 124 cm³/mol. The van der Waals surface area contributed by atoms with Crippen LogP contribution in [0.2, 0.25) is 0 Å². The van der Waals surface area contributed by atoms with Crippen LogP contribution >= 0.6 is 0 Å². The molecular formula is C26H28N2O5. The molecule has 7 heteroatoms. The molecule has 1 saturated carbocycles. The number of carboxylic acids is 1. The van der Waals surface area contributed by atoms with Gasteiger partial charge < -0.3 is 20.5 Å².